The fourth-order valence-electron chi connectivity index (χ4n) is 1.28. The molecule has 0 aliphatic carbocycles. The SMILES string of the molecule is CN[C@H](C(=O)O)c1cc(OC)ccc1Br. The highest BCUT2D eigenvalue weighted by Crippen LogP contribution is 2.27. The number of hydrogen-bond acceptors (Lipinski definition) is 3. The van der Waals surface area contributed by atoms with Gasteiger partial charge in [-0.2, -0.15) is 0 Å². The lowest BCUT2D eigenvalue weighted by Crippen LogP contribution is -2.25. The van der Waals surface area contributed by atoms with Crippen LogP contribution in [0.4, 0.5) is 0 Å². The first-order valence-corrected chi connectivity index (χ1v) is 5.13. The molecule has 0 aliphatic rings. The van der Waals surface area contributed by atoms with E-state index in [1.165, 1.54) is 0 Å². The normalized spacial score (nSPS) is 12.2. The Morgan fingerprint density at radius 2 is 2.27 bits per heavy atom. The van der Waals surface area contributed by atoms with Gasteiger partial charge < -0.3 is 15.2 Å². The maximum absolute atomic E-state index is 11.0. The molecule has 0 radical (unpaired) electrons. The zero-order valence-electron chi connectivity index (χ0n) is 8.45. The molecule has 5 heteroatoms. The summed E-state index contributed by atoms with van der Waals surface area (Å²) in [4.78, 5) is 11.0. The van der Waals surface area contributed by atoms with Crippen LogP contribution in [-0.2, 0) is 4.79 Å². The van der Waals surface area contributed by atoms with Gasteiger partial charge in [0.05, 0.1) is 7.11 Å². The van der Waals surface area contributed by atoms with E-state index in [2.05, 4.69) is 21.2 Å². The van der Waals surface area contributed by atoms with E-state index in [9.17, 15) is 4.79 Å². The summed E-state index contributed by atoms with van der Waals surface area (Å²) >= 11 is 3.31. The molecule has 1 rings (SSSR count). The topological polar surface area (TPSA) is 58.6 Å². The molecule has 15 heavy (non-hydrogen) atoms. The number of methoxy groups -OCH3 is 1. The Hall–Kier alpha value is -1.07. The molecule has 2 N–H and O–H groups in total. The maximum Gasteiger partial charge on any atom is 0.325 e. The lowest BCUT2D eigenvalue weighted by Gasteiger charge is -2.14. The molecule has 0 saturated heterocycles. The Morgan fingerprint density at radius 1 is 1.60 bits per heavy atom. The van der Waals surface area contributed by atoms with E-state index in [0.717, 1.165) is 4.47 Å². The van der Waals surface area contributed by atoms with Crippen molar-refractivity contribution in [3.05, 3.63) is 28.2 Å². The molecule has 0 unspecified atom stereocenters. The van der Waals surface area contributed by atoms with Crippen LogP contribution in [0.5, 0.6) is 5.75 Å². The average molecular weight is 274 g/mol. The Labute approximate surface area is 96.4 Å². The third-order valence-electron chi connectivity index (χ3n) is 2.05. The van der Waals surface area contributed by atoms with Crippen molar-refractivity contribution in [2.24, 2.45) is 0 Å². The molecule has 0 aromatic heterocycles. The van der Waals surface area contributed by atoms with E-state index in [4.69, 9.17) is 9.84 Å². The van der Waals surface area contributed by atoms with Crippen molar-refractivity contribution >= 4 is 21.9 Å². The number of carboxylic acids is 1. The molecule has 0 spiro atoms. The highest BCUT2D eigenvalue weighted by Gasteiger charge is 2.20. The zero-order chi connectivity index (χ0) is 11.4. The van der Waals surface area contributed by atoms with Crippen LogP contribution in [0.15, 0.2) is 22.7 Å². The number of rotatable bonds is 4. The van der Waals surface area contributed by atoms with Gasteiger partial charge in [0, 0.05) is 4.47 Å². The van der Waals surface area contributed by atoms with Crippen LogP contribution in [0.25, 0.3) is 0 Å². The standard InChI is InChI=1S/C10H12BrNO3/c1-12-9(10(13)14)7-5-6(15-2)3-4-8(7)11/h3-5,9,12H,1-2H3,(H,13,14)/t9-/m0/s1. The summed E-state index contributed by atoms with van der Waals surface area (Å²) in [6.07, 6.45) is 0. The molecular formula is C10H12BrNO3. The molecule has 1 atom stereocenters. The number of aliphatic carboxylic acids is 1. The molecular weight excluding hydrogens is 262 g/mol. The van der Waals surface area contributed by atoms with Gasteiger partial charge in [0.1, 0.15) is 11.8 Å². The second kappa shape index (κ2) is 5.14. The number of benzene rings is 1. The van der Waals surface area contributed by atoms with Crippen molar-refractivity contribution in [1.82, 2.24) is 5.32 Å². The van der Waals surface area contributed by atoms with Gasteiger partial charge in [0.15, 0.2) is 0 Å². The molecule has 0 heterocycles. The van der Waals surface area contributed by atoms with Gasteiger partial charge in [-0.3, -0.25) is 4.79 Å². The molecule has 0 aliphatic heterocycles. The number of ether oxygens (including phenoxy) is 1. The van der Waals surface area contributed by atoms with Crippen LogP contribution >= 0.6 is 15.9 Å². The predicted molar refractivity (Wildman–Crippen MR) is 60.1 cm³/mol. The molecule has 0 bridgehead atoms. The van der Waals surface area contributed by atoms with E-state index in [-0.39, 0.29) is 0 Å². The van der Waals surface area contributed by atoms with Gasteiger partial charge in [-0.05, 0) is 30.8 Å². The number of hydrogen-bond donors (Lipinski definition) is 2. The Bertz CT molecular complexity index is 368. The summed E-state index contributed by atoms with van der Waals surface area (Å²) in [6, 6.07) is 4.48. The lowest BCUT2D eigenvalue weighted by atomic mass is 10.1. The summed E-state index contributed by atoms with van der Waals surface area (Å²) in [7, 11) is 3.15. The maximum atomic E-state index is 11.0. The summed E-state index contributed by atoms with van der Waals surface area (Å²) in [5, 5.41) is 11.7. The quantitative estimate of drug-likeness (QED) is 0.879. The van der Waals surface area contributed by atoms with Gasteiger partial charge in [-0.25, -0.2) is 0 Å². The summed E-state index contributed by atoms with van der Waals surface area (Å²) < 4.78 is 5.78. The lowest BCUT2D eigenvalue weighted by molar-refractivity contribution is -0.139. The minimum absolute atomic E-state index is 0.634. The monoisotopic (exact) mass is 273 g/mol. The highest BCUT2D eigenvalue weighted by molar-refractivity contribution is 9.10. The number of halogens is 1. The fraction of sp³-hybridized carbons (Fsp3) is 0.300. The Morgan fingerprint density at radius 3 is 2.73 bits per heavy atom. The molecule has 0 saturated carbocycles. The fourth-order valence-corrected chi connectivity index (χ4v) is 1.76. The molecule has 0 fully saturated rings. The highest BCUT2D eigenvalue weighted by atomic mass is 79.9. The number of carboxylic acid groups (broad SMARTS) is 1. The molecule has 82 valence electrons. The van der Waals surface area contributed by atoms with E-state index in [1.807, 2.05) is 0 Å². The van der Waals surface area contributed by atoms with Crippen molar-refractivity contribution in [2.45, 2.75) is 6.04 Å². The van der Waals surface area contributed by atoms with E-state index < -0.39 is 12.0 Å². The van der Waals surface area contributed by atoms with Gasteiger partial charge in [-0.1, -0.05) is 15.9 Å². The van der Waals surface area contributed by atoms with Crippen LogP contribution in [-0.4, -0.2) is 25.2 Å². The van der Waals surface area contributed by atoms with Crippen molar-refractivity contribution in [2.75, 3.05) is 14.2 Å². The number of nitrogens with one attached hydrogen (secondary N) is 1. The van der Waals surface area contributed by atoms with Gasteiger partial charge in [0.25, 0.3) is 0 Å². The van der Waals surface area contributed by atoms with Gasteiger partial charge in [-0.15, -0.1) is 0 Å². The minimum atomic E-state index is -0.925. The first-order chi connectivity index (χ1) is 7.10. The van der Waals surface area contributed by atoms with Crippen LogP contribution in [0.2, 0.25) is 0 Å². The van der Waals surface area contributed by atoms with Gasteiger partial charge >= 0.3 is 5.97 Å². The smallest absolute Gasteiger partial charge is 0.325 e. The van der Waals surface area contributed by atoms with Crippen LogP contribution in [0, 0.1) is 0 Å². The molecule has 1 aromatic rings. The predicted octanol–water partition coefficient (Wildman–Crippen LogP) is 1.80. The average Bonchev–Trinajstić information content (AvgIpc) is 2.21. The molecule has 1 aromatic carbocycles. The molecule has 4 nitrogen and oxygen atoms in total. The minimum Gasteiger partial charge on any atom is -0.497 e. The third kappa shape index (κ3) is 2.70. The number of carbonyl (C=O) groups is 1. The second-order valence-electron chi connectivity index (χ2n) is 2.95. The Kier molecular flexibility index (Phi) is 4.11. The van der Waals surface area contributed by atoms with E-state index in [0.29, 0.717) is 11.3 Å². The largest absolute Gasteiger partial charge is 0.497 e. The number of likely N-dealkylation sites (N-methyl/N-ethyl adjacent to an activating group) is 1. The molecule has 0 amide bonds. The van der Waals surface area contributed by atoms with Crippen molar-refractivity contribution < 1.29 is 14.6 Å². The first kappa shape index (κ1) is 12.0. The van der Waals surface area contributed by atoms with E-state index >= 15 is 0 Å². The van der Waals surface area contributed by atoms with Crippen molar-refractivity contribution in [1.29, 1.82) is 0 Å². The van der Waals surface area contributed by atoms with Crippen LogP contribution in [0.1, 0.15) is 11.6 Å². The third-order valence-corrected chi connectivity index (χ3v) is 2.77. The van der Waals surface area contributed by atoms with Crippen molar-refractivity contribution in [3.63, 3.8) is 0 Å². The zero-order valence-corrected chi connectivity index (χ0v) is 10.0. The summed E-state index contributed by atoms with van der Waals surface area (Å²) in [6.45, 7) is 0. The van der Waals surface area contributed by atoms with Crippen LogP contribution < -0.4 is 10.1 Å². The van der Waals surface area contributed by atoms with Gasteiger partial charge in [0.2, 0.25) is 0 Å². The summed E-state index contributed by atoms with van der Waals surface area (Å²) in [5.41, 5.74) is 0.643. The second-order valence-corrected chi connectivity index (χ2v) is 3.80. The van der Waals surface area contributed by atoms with Crippen molar-refractivity contribution in [3.8, 4) is 5.75 Å². The first-order valence-electron chi connectivity index (χ1n) is 4.33. The van der Waals surface area contributed by atoms with Crippen LogP contribution in [0.3, 0.4) is 0 Å². The summed E-state index contributed by atoms with van der Waals surface area (Å²) in [5.74, 6) is -0.291. The Balaban J connectivity index is 3.15. The van der Waals surface area contributed by atoms with E-state index in [1.54, 1.807) is 32.4 Å².